The summed E-state index contributed by atoms with van der Waals surface area (Å²) in [4.78, 5) is 0. The number of hydrogen-bond acceptors (Lipinski definition) is 0. The van der Waals surface area contributed by atoms with E-state index in [9.17, 15) is 0 Å². The minimum absolute atomic E-state index is 0. The van der Waals surface area contributed by atoms with Crippen molar-refractivity contribution in [3.05, 3.63) is 34.4 Å². The average Bonchev–Trinajstić information content (AvgIpc) is 2.45. The van der Waals surface area contributed by atoms with Crippen molar-refractivity contribution >= 4 is 0 Å². The van der Waals surface area contributed by atoms with Gasteiger partial charge in [0.05, 0.1) is 0 Å². The Hall–Kier alpha value is 0.415. The van der Waals surface area contributed by atoms with Crippen LogP contribution in [-0.2, 0) is 0 Å². The summed E-state index contributed by atoms with van der Waals surface area (Å²) >= 11 is 0. The van der Waals surface area contributed by atoms with Gasteiger partial charge in [0.25, 0.3) is 0 Å². The first-order valence-corrected chi connectivity index (χ1v) is 8.57. The molecule has 0 saturated carbocycles. The molecule has 22 heavy (non-hydrogen) atoms. The second kappa shape index (κ2) is 6.73. The molecule has 0 fully saturated rings. The van der Waals surface area contributed by atoms with E-state index in [1.165, 1.54) is 25.7 Å². The van der Waals surface area contributed by atoms with E-state index >= 15 is 0 Å². The zero-order valence-electron chi connectivity index (χ0n) is 18.1. The van der Waals surface area contributed by atoms with Gasteiger partial charge in [-0.1, -0.05) is 66.5 Å². The van der Waals surface area contributed by atoms with Crippen LogP contribution in [0.2, 0.25) is 0 Å². The van der Waals surface area contributed by atoms with Gasteiger partial charge in [-0.15, -0.1) is 0 Å². The molecule has 0 spiro atoms. The molecule has 0 aromatic carbocycles. The molecule has 2 heteroatoms. The van der Waals surface area contributed by atoms with Crippen LogP contribution in [0.4, 0.5) is 0 Å². The Labute approximate surface area is 164 Å². The molecule has 4 atom stereocenters. The molecule has 0 aromatic rings. The monoisotopic (exact) mass is 286 g/mol. The SMILES string of the molecule is CCC(C)CC1(C)c2ccc3c1c2C3(C)CC(C)CC.[H-].[H-].[Li+].[Li+]. The normalized spacial score (nSPS) is 33.4. The molecule has 4 bridgehead atoms. The van der Waals surface area contributed by atoms with Gasteiger partial charge in [-0.2, -0.15) is 0 Å². The van der Waals surface area contributed by atoms with Crippen LogP contribution in [0.5, 0.6) is 0 Å². The van der Waals surface area contributed by atoms with Crippen molar-refractivity contribution in [2.75, 3.05) is 0 Å². The Morgan fingerprint density at radius 2 is 1.14 bits per heavy atom. The molecule has 0 nitrogen and oxygen atoms in total. The van der Waals surface area contributed by atoms with Crippen molar-refractivity contribution in [3.8, 4) is 0 Å². The molecule has 0 amide bonds. The molecule has 114 valence electrons. The van der Waals surface area contributed by atoms with Crippen molar-refractivity contribution in [2.45, 2.75) is 67.2 Å². The summed E-state index contributed by atoms with van der Waals surface area (Å²) in [6.45, 7) is 14.4. The van der Waals surface area contributed by atoms with Gasteiger partial charge in [0, 0.05) is 10.8 Å². The van der Waals surface area contributed by atoms with E-state index in [1.807, 2.05) is 0 Å². The van der Waals surface area contributed by atoms with Crippen LogP contribution in [0, 0.1) is 22.7 Å². The molecule has 0 saturated heterocycles. The van der Waals surface area contributed by atoms with E-state index in [4.69, 9.17) is 0 Å². The van der Waals surface area contributed by atoms with Crippen molar-refractivity contribution in [2.24, 2.45) is 22.7 Å². The minimum Gasteiger partial charge on any atom is -1.00 e. The third-order valence-corrected chi connectivity index (χ3v) is 6.41. The maximum atomic E-state index is 2.49. The summed E-state index contributed by atoms with van der Waals surface area (Å²) in [6.07, 6.45) is 10.1. The van der Waals surface area contributed by atoms with Gasteiger partial charge in [-0.05, 0) is 47.0 Å². The summed E-state index contributed by atoms with van der Waals surface area (Å²) in [5.74, 6) is 1.66. The average molecular weight is 286 g/mol. The Bertz CT molecular complexity index is 502. The summed E-state index contributed by atoms with van der Waals surface area (Å²) in [5.41, 5.74) is 7.61. The maximum Gasteiger partial charge on any atom is 1.00 e. The van der Waals surface area contributed by atoms with Crippen molar-refractivity contribution < 1.29 is 40.6 Å². The molecule has 0 heterocycles. The molecule has 0 aromatic heterocycles. The van der Waals surface area contributed by atoms with Gasteiger partial charge in [-0.25, -0.2) is 0 Å². The van der Waals surface area contributed by atoms with E-state index in [0.29, 0.717) is 10.8 Å². The Morgan fingerprint density at radius 1 is 0.818 bits per heavy atom. The van der Waals surface area contributed by atoms with Gasteiger partial charge < -0.3 is 2.85 Å². The molecule has 4 aliphatic rings. The summed E-state index contributed by atoms with van der Waals surface area (Å²) in [6, 6.07) is 0. The fourth-order valence-corrected chi connectivity index (χ4v) is 4.92. The van der Waals surface area contributed by atoms with Crippen LogP contribution in [0.25, 0.3) is 0 Å². The van der Waals surface area contributed by atoms with E-state index in [1.54, 1.807) is 22.3 Å². The fourth-order valence-electron chi connectivity index (χ4n) is 4.92. The van der Waals surface area contributed by atoms with Gasteiger partial charge in [0.1, 0.15) is 0 Å². The topological polar surface area (TPSA) is 0 Å². The van der Waals surface area contributed by atoms with E-state index in [-0.39, 0.29) is 40.6 Å². The van der Waals surface area contributed by atoms with Crippen molar-refractivity contribution in [1.29, 1.82) is 0 Å². The van der Waals surface area contributed by atoms with Crippen molar-refractivity contribution in [1.82, 2.24) is 0 Å². The molecular weight excluding hydrogens is 254 g/mol. The molecule has 4 rings (SSSR count). The molecule has 4 unspecified atom stereocenters. The van der Waals surface area contributed by atoms with Crippen LogP contribution < -0.4 is 37.7 Å². The predicted octanol–water partition coefficient (Wildman–Crippen LogP) is 0.295. The van der Waals surface area contributed by atoms with Crippen LogP contribution in [0.1, 0.15) is 70.1 Å². The summed E-state index contributed by atoms with van der Waals surface area (Å²) in [7, 11) is 0. The fraction of sp³-hybridized carbons (Fsp3) is 0.700. The van der Waals surface area contributed by atoms with Gasteiger partial charge in [0.15, 0.2) is 0 Å². The minimum atomic E-state index is 0. The Balaban J connectivity index is 0. The second-order valence-corrected chi connectivity index (χ2v) is 8.01. The van der Waals surface area contributed by atoms with Crippen molar-refractivity contribution in [3.63, 3.8) is 0 Å². The number of hydrogen-bond donors (Lipinski definition) is 0. The van der Waals surface area contributed by atoms with E-state index in [2.05, 4.69) is 53.7 Å². The maximum absolute atomic E-state index is 2.49. The number of allylic oxidation sites excluding steroid dienone is 6. The van der Waals surface area contributed by atoms with E-state index in [0.717, 1.165) is 11.8 Å². The summed E-state index contributed by atoms with van der Waals surface area (Å²) < 4.78 is 0. The largest absolute Gasteiger partial charge is 1.00 e. The third-order valence-electron chi connectivity index (χ3n) is 6.41. The predicted molar refractivity (Wildman–Crippen MR) is 89.8 cm³/mol. The first-order valence-electron chi connectivity index (χ1n) is 8.57. The molecule has 0 N–H and O–H groups in total. The zero-order valence-corrected chi connectivity index (χ0v) is 16.1. The van der Waals surface area contributed by atoms with Gasteiger partial charge in [-0.3, -0.25) is 0 Å². The first-order chi connectivity index (χ1) is 9.38. The number of fused-ring (bicyclic) bond motifs is 1. The molecule has 0 radical (unpaired) electrons. The smallest absolute Gasteiger partial charge is 1.00 e. The first kappa shape index (κ1) is 20.5. The van der Waals surface area contributed by atoms with Gasteiger partial charge >= 0.3 is 37.7 Å². The van der Waals surface area contributed by atoms with Crippen LogP contribution >= 0.6 is 0 Å². The van der Waals surface area contributed by atoms with Gasteiger partial charge in [0.2, 0.25) is 0 Å². The summed E-state index contributed by atoms with van der Waals surface area (Å²) in [5, 5.41) is 0. The van der Waals surface area contributed by atoms with Crippen LogP contribution in [0.3, 0.4) is 0 Å². The third kappa shape index (κ3) is 2.51. The molecule has 0 aliphatic heterocycles. The van der Waals surface area contributed by atoms with E-state index < -0.39 is 0 Å². The number of rotatable bonds is 6. The Kier molecular flexibility index (Phi) is 6.26. The second-order valence-electron chi connectivity index (χ2n) is 8.01. The standard InChI is InChI=1S/C20H30.2Li.2H/c1-7-13(3)11-19(5)15-9-10-16-17(19)18(15)20(16,6)12-14(4)8-2;;;;/h9-10,13-14H,7-8,11-12H2,1-6H3;;;;/q;2*+1;2*-1. The molecule has 4 aliphatic carbocycles. The zero-order chi connectivity index (χ0) is 14.7. The van der Waals surface area contributed by atoms with Crippen LogP contribution in [-0.4, -0.2) is 0 Å². The van der Waals surface area contributed by atoms with Crippen LogP contribution in [0.15, 0.2) is 34.4 Å². The quantitative estimate of drug-likeness (QED) is 0.616. The molecular formula is C20H32Li2. The Morgan fingerprint density at radius 3 is 1.36 bits per heavy atom.